The third-order valence-electron chi connectivity index (χ3n) is 5.93. The molecule has 1 N–H and O–H groups in total. The second-order valence-corrected chi connectivity index (χ2v) is 8.22. The van der Waals surface area contributed by atoms with Gasteiger partial charge in [0.2, 0.25) is 11.8 Å². The number of amides is 2. The number of carbonyl (C=O) groups is 2. The first-order valence-corrected chi connectivity index (χ1v) is 10.5. The maximum Gasteiger partial charge on any atom is 0.416 e. The van der Waals surface area contributed by atoms with Gasteiger partial charge in [0, 0.05) is 18.7 Å². The van der Waals surface area contributed by atoms with Gasteiger partial charge >= 0.3 is 6.18 Å². The Labute approximate surface area is 178 Å². The number of rotatable bonds is 5. The molecule has 2 fully saturated rings. The van der Waals surface area contributed by atoms with E-state index in [1.165, 1.54) is 6.07 Å². The molecule has 164 valence electrons. The van der Waals surface area contributed by atoms with Gasteiger partial charge in [-0.3, -0.25) is 14.6 Å². The van der Waals surface area contributed by atoms with E-state index in [0.717, 1.165) is 30.7 Å². The summed E-state index contributed by atoms with van der Waals surface area (Å²) in [6.07, 6.45) is -0.255. The number of piperidine rings is 1. The molecule has 8 heteroatoms. The Bertz CT molecular complexity index is 945. The number of hydrogen-bond donors (Lipinski definition) is 1. The SMILES string of the molecule is O=C(NCc1ccccn1)C1CCC(c2cccc(C(F)(F)F)c2)N(C(=O)C2CC2)C1. The average Bonchev–Trinajstić information content (AvgIpc) is 3.62. The number of likely N-dealkylation sites (tertiary alicyclic amines) is 1. The van der Waals surface area contributed by atoms with Crippen LogP contribution in [-0.4, -0.2) is 28.2 Å². The zero-order valence-electron chi connectivity index (χ0n) is 16.9. The number of carbonyl (C=O) groups excluding carboxylic acids is 2. The lowest BCUT2D eigenvalue weighted by Gasteiger charge is -2.40. The van der Waals surface area contributed by atoms with E-state index in [9.17, 15) is 22.8 Å². The molecule has 2 heterocycles. The minimum Gasteiger partial charge on any atom is -0.350 e. The van der Waals surface area contributed by atoms with Crippen molar-refractivity contribution >= 4 is 11.8 Å². The number of nitrogens with one attached hydrogen (secondary N) is 1. The highest BCUT2D eigenvalue weighted by Crippen LogP contribution is 2.40. The molecule has 1 aromatic carbocycles. The fraction of sp³-hybridized carbons (Fsp3) is 0.435. The molecular weight excluding hydrogens is 407 g/mol. The zero-order chi connectivity index (χ0) is 22.0. The molecular formula is C23H24F3N3O2. The molecule has 1 saturated carbocycles. The molecule has 1 aliphatic carbocycles. The summed E-state index contributed by atoms with van der Waals surface area (Å²) in [5.41, 5.74) is 0.481. The number of alkyl halides is 3. The molecule has 4 rings (SSSR count). The largest absolute Gasteiger partial charge is 0.416 e. The molecule has 0 bridgehead atoms. The fourth-order valence-electron chi connectivity index (χ4n) is 4.09. The topological polar surface area (TPSA) is 62.3 Å². The Morgan fingerprint density at radius 2 is 1.81 bits per heavy atom. The smallest absolute Gasteiger partial charge is 0.350 e. The fourth-order valence-corrected chi connectivity index (χ4v) is 4.09. The van der Waals surface area contributed by atoms with Gasteiger partial charge in [0.15, 0.2) is 0 Å². The molecule has 1 aromatic heterocycles. The standard InChI is InChI=1S/C23H24F3N3O2/c24-23(25,26)18-5-3-4-16(12-18)20-10-9-17(14-29(20)22(31)15-7-8-15)21(30)28-13-19-6-1-2-11-27-19/h1-6,11-12,15,17,20H,7-10,13-14H2,(H,28,30). The molecule has 1 aliphatic heterocycles. The highest BCUT2D eigenvalue weighted by molar-refractivity contribution is 5.84. The van der Waals surface area contributed by atoms with Crippen LogP contribution in [0.1, 0.15) is 48.5 Å². The Balaban J connectivity index is 1.49. The van der Waals surface area contributed by atoms with Gasteiger partial charge in [-0.1, -0.05) is 18.2 Å². The summed E-state index contributed by atoms with van der Waals surface area (Å²) in [4.78, 5) is 31.5. The second kappa shape index (κ2) is 8.69. The lowest BCUT2D eigenvalue weighted by molar-refractivity contribution is -0.140. The van der Waals surface area contributed by atoms with Crippen LogP contribution in [0, 0.1) is 11.8 Å². The lowest BCUT2D eigenvalue weighted by atomic mass is 9.87. The lowest BCUT2D eigenvalue weighted by Crippen LogP contribution is -2.47. The molecule has 2 aromatic rings. The molecule has 1 saturated heterocycles. The van der Waals surface area contributed by atoms with Crippen molar-refractivity contribution in [3.8, 4) is 0 Å². The molecule has 0 radical (unpaired) electrons. The molecule has 31 heavy (non-hydrogen) atoms. The monoisotopic (exact) mass is 431 g/mol. The summed E-state index contributed by atoms with van der Waals surface area (Å²) in [5, 5.41) is 2.87. The quantitative estimate of drug-likeness (QED) is 0.775. The first-order valence-electron chi connectivity index (χ1n) is 10.5. The van der Waals surface area contributed by atoms with Crippen LogP contribution in [0.5, 0.6) is 0 Å². The van der Waals surface area contributed by atoms with Crippen LogP contribution in [-0.2, 0) is 22.3 Å². The minimum absolute atomic E-state index is 0.0652. The Kier molecular flexibility index (Phi) is 5.98. The van der Waals surface area contributed by atoms with Gasteiger partial charge in [0.25, 0.3) is 0 Å². The van der Waals surface area contributed by atoms with E-state index in [-0.39, 0.29) is 24.3 Å². The van der Waals surface area contributed by atoms with Crippen LogP contribution in [0.4, 0.5) is 13.2 Å². The first kappa shape index (κ1) is 21.3. The van der Waals surface area contributed by atoms with Gasteiger partial charge in [-0.15, -0.1) is 0 Å². The predicted octanol–water partition coefficient (Wildman–Crippen LogP) is 4.11. The number of aromatic nitrogens is 1. The van der Waals surface area contributed by atoms with Crippen molar-refractivity contribution in [1.82, 2.24) is 15.2 Å². The van der Waals surface area contributed by atoms with Gasteiger partial charge in [0.05, 0.1) is 29.8 Å². The highest BCUT2D eigenvalue weighted by Gasteiger charge is 2.41. The van der Waals surface area contributed by atoms with Crippen molar-refractivity contribution in [2.45, 2.75) is 44.4 Å². The summed E-state index contributed by atoms with van der Waals surface area (Å²) < 4.78 is 39.5. The van der Waals surface area contributed by atoms with Gasteiger partial charge in [0.1, 0.15) is 0 Å². The normalized spacial score (nSPS) is 21.6. The summed E-state index contributed by atoms with van der Waals surface area (Å²) in [6, 6.07) is 10.2. The maximum atomic E-state index is 13.2. The van der Waals surface area contributed by atoms with E-state index in [4.69, 9.17) is 0 Å². The number of benzene rings is 1. The van der Waals surface area contributed by atoms with Crippen LogP contribution in [0.15, 0.2) is 48.7 Å². The van der Waals surface area contributed by atoms with Gasteiger partial charge < -0.3 is 10.2 Å². The van der Waals surface area contributed by atoms with Crippen molar-refractivity contribution in [2.75, 3.05) is 6.54 Å². The minimum atomic E-state index is -4.44. The van der Waals surface area contributed by atoms with Crippen LogP contribution >= 0.6 is 0 Å². The van der Waals surface area contributed by atoms with Crippen molar-refractivity contribution in [3.05, 3.63) is 65.5 Å². The summed E-state index contributed by atoms with van der Waals surface area (Å²) in [5.74, 6) is -0.705. The predicted molar refractivity (Wildman–Crippen MR) is 107 cm³/mol. The Morgan fingerprint density at radius 1 is 1.03 bits per heavy atom. The van der Waals surface area contributed by atoms with E-state index < -0.39 is 23.7 Å². The van der Waals surface area contributed by atoms with Gasteiger partial charge in [-0.05, 0) is 55.5 Å². The third kappa shape index (κ3) is 5.06. The molecule has 2 amide bonds. The maximum absolute atomic E-state index is 13.2. The van der Waals surface area contributed by atoms with Crippen molar-refractivity contribution in [3.63, 3.8) is 0 Å². The third-order valence-corrected chi connectivity index (χ3v) is 5.93. The van der Waals surface area contributed by atoms with Gasteiger partial charge in [-0.25, -0.2) is 0 Å². The van der Waals surface area contributed by atoms with Crippen LogP contribution in [0.25, 0.3) is 0 Å². The summed E-state index contributed by atoms with van der Waals surface area (Å²) in [7, 11) is 0. The van der Waals surface area contributed by atoms with Crippen LogP contribution in [0.3, 0.4) is 0 Å². The van der Waals surface area contributed by atoms with Crippen molar-refractivity contribution in [2.24, 2.45) is 11.8 Å². The second-order valence-electron chi connectivity index (χ2n) is 8.22. The first-order chi connectivity index (χ1) is 14.8. The molecule has 2 aliphatic rings. The summed E-state index contributed by atoms with van der Waals surface area (Å²) in [6.45, 7) is 0.508. The van der Waals surface area contributed by atoms with Gasteiger partial charge in [-0.2, -0.15) is 13.2 Å². The Hall–Kier alpha value is -2.90. The summed E-state index contributed by atoms with van der Waals surface area (Å²) >= 11 is 0. The van der Waals surface area contributed by atoms with E-state index in [1.807, 2.05) is 12.1 Å². The average molecular weight is 431 g/mol. The highest BCUT2D eigenvalue weighted by atomic mass is 19.4. The van der Waals surface area contributed by atoms with Crippen LogP contribution in [0.2, 0.25) is 0 Å². The number of halogens is 3. The number of nitrogens with zero attached hydrogens (tertiary/aromatic N) is 2. The molecule has 2 unspecified atom stereocenters. The number of pyridine rings is 1. The van der Waals surface area contributed by atoms with E-state index in [0.29, 0.717) is 24.9 Å². The number of hydrogen-bond acceptors (Lipinski definition) is 3. The van der Waals surface area contributed by atoms with E-state index in [2.05, 4.69) is 10.3 Å². The van der Waals surface area contributed by atoms with Crippen LogP contribution < -0.4 is 5.32 Å². The van der Waals surface area contributed by atoms with Crippen molar-refractivity contribution in [1.29, 1.82) is 0 Å². The molecule has 2 atom stereocenters. The van der Waals surface area contributed by atoms with E-state index in [1.54, 1.807) is 23.2 Å². The molecule has 0 spiro atoms. The Morgan fingerprint density at radius 3 is 2.48 bits per heavy atom. The van der Waals surface area contributed by atoms with E-state index >= 15 is 0 Å². The van der Waals surface area contributed by atoms with Crippen molar-refractivity contribution < 1.29 is 22.8 Å². The molecule has 5 nitrogen and oxygen atoms in total. The zero-order valence-corrected chi connectivity index (χ0v) is 16.9.